The molecule has 6 heterocycles. The molecule has 0 aliphatic carbocycles. The molecule has 101 heavy (non-hydrogen) atoms. The van der Waals surface area contributed by atoms with E-state index in [0.717, 1.165) is 111 Å². The Bertz CT molecular complexity index is 4890. The van der Waals surface area contributed by atoms with Crippen molar-refractivity contribution in [3.05, 3.63) is 200 Å². The van der Waals surface area contributed by atoms with E-state index in [9.17, 15) is 29.7 Å². The maximum atomic E-state index is 11.5. The Morgan fingerprint density at radius 2 is 0.802 bits per heavy atom. The maximum absolute atomic E-state index is 11.5. The molecule has 27 nitrogen and oxygen atoms in total. The normalized spacial score (nSPS) is 11.6. The van der Waals surface area contributed by atoms with Crippen molar-refractivity contribution in [1.82, 2.24) is 74.7 Å². The first-order chi connectivity index (χ1) is 48.7. The van der Waals surface area contributed by atoms with Crippen LogP contribution in [0.3, 0.4) is 0 Å². The van der Waals surface area contributed by atoms with E-state index in [1.165, 1.54) is 18.6 Å². The summed E-state index contributed by atoms with van der Waals surface area (Å²) >= 11 is 0. The summed E-state index contributed by atoms with van der Waals surface area (Å²) < 4.78 is 41.3. The molecule has 0 fully saturated rings. The highest BCUT2D eigenvalue weighted by molar-refractivity contribution is 5.89. The Morgan fingerprint density at radius 3 is 1.16 bits per heavy atom. The number of rotatable bonds is 29. The van der Waals surface area contributed by atoms with Crippen LogP contribution in [-0.4, -0.2) is 145 Å². The zero-order valence-corrected chi connectivity index (χ0v) is 56.8. The van der Waals surface area contributed by atoms with E-state index in [-0.39, 0.29) is 0 Å². The fourth-order valence-corrected chi connectivity index (χ4v) is 10.6. The molecule has 0 spiro atoms. The first-order valence-electron chi connectivity index (χ1n) is 32.7. The minimum Gasteiger partial charge on any atom is -0.494 e. The van der Waals surface area contributed by atoms with Crippen molar-refractivity contribution in [2.24, 2.45) is 7.05 Å². The van der Waals surface area contributed by atoms with E-state index in [1.54, 1.807) is 57.7 Å². The topological polar surface area (TPSA) is 324 Å². The number of tetrazole rings is 3. The number of carboxylic acid groups (broad SMARTS) is 3. The molecule has 0 bridgehead atoms. The summed E-state index contributed by atoms with van der Waals surface area (Å²) in [5.41, 5.74) is 2.79. The average molecular weight is 1370 g/mol. The summed E-state index contributed by atoms with van der Waals surface area (Å²) in [6.07, 6.45) is 8.36. The lowest BCUT2D eigenvalue weighted by atomic mass is 10.1. The Kier molecular flexibility index (Phi) is 21.7. The number of benzene rings is 7. The van der Waals surface area contributed by atoms with Crippen molar-refractivity contribution >= 4 is 50.6 Å². The van der Waals surface area contributed by atoms with Crippen molar-refractivity contribution < 1.29 is 58.1 Å². The first kappa shape index (κ1) is 69.9. The average Bonchev–Trinajstić information content (AvgIpc) is 1.71. The van der Waals surface area contributed by atoms with Gasteiger partial charge < -0.3 is 57.4 Å². The summed E-state index contributed by atoms with van der Waals surface area (Å²) in [5.74, 6) is 2.66. The van der Waals surface area contributed by atoms with Crippen molar-refractivity contribution in [3.8, 4) is 68.7 Å². The lowest BCUT2D eigenvalue weighted by Gasteiger charge is -2.22. The van der Waals surface area contributed by atoms with Crippen LogP contribution in [0.15, 0.2) is 195 Å². The van der Waals surface area contributed by atoms with E-state index in [0.29, 0.717) is 61.1 Å². The predicted molar refractivity (Wildman–Crippen MR) is 376 cm³/mol. The van der Waals surface area contributed by atoms with Crippen LogP contribution in [0.4, 0.5) is 0 Å². The molecule has 4 N–H and O–H groups in total. The van der Waals surface area contributed by atoms with Gasteiger partial charge in [-0.15, -0.1) is 30.6 Å². The molecule has 520 valence electrons. The molecule has 7 aromatic carbocycles. The Hall–Kier alpha value is -12.4. The molecule has 0 amide bonds. The summed E-state index contributed by atoms with van der Waals surface area (Å²) in [5, 5.41) is 69.4. The maximum Gasteiger partial charge on any atom is 0.347 e. The summed E-state index contributed by atoms with van der Waals surface area (Å²) in [6.45, 7) is 13.8. The number of ether oxygens (including phenoxy) is 6. The second-order valence-electron chi connectivity index (χ2n) is 25.0. The number of fused-ring (bicyclic) bond motifs is 3. The van der Waals surface area contributed by atoms with E-state index < -0.39 is 34.7 Å². The number of nitrogens with one attached hydrogen (secondary N) is 1. The third-order valence-electron chi connectivity index (χ3n) is 16.2. The number of aromatic nitrogens is 15. The highest BCUT2D eigenvalue weighted by atomic mass is 16.5. The van der Waals surface area contributed by atoms with Crippen LogP contribution in [0.25, 0.3) is 66.9 Å². The van der Waals surface area contributed by atoms with Crippen LogP contribution in [0.2, 0.25) is 0 Å². The van der Waals surface area contributed by atoms with Gasteiger partial charge in [0, 0.05) is 71.1 Å². The molecule has 13 aromatic rings. The van der Waals surface area contributed by atoms with Gasteiger partial charge in [-0.25, -0.2) is 14.4 Å². The molecule has 0 saturated carbocycles. The fourth-order valence-electron chi connectivity index (χ4n) is 10.6. The molecular weight excluding hydrogens is 1290 g/mol. The van der Waals surface area contributed by atoms with Gasteiger partial charge in [0.1, 0.15) is 34.5 Å². The number of hydrogen-bond donors (Lipinski definition) is 4. The van der Waals surface area contributed by atoms with Crippen molar-refractivity contribution in [2.75, 3.05) is 19.8 Å². The molecule has 0 radical (unpaired) electrons. The quantitative estimate of drug-likeness (QED) is 0.0316. The number of aromatic amines is 1. The van der Waals surface area contributed by atoms with Gasteiger partial charge in [0.2, 0.25) is 17.5 Å². The van der Waals surface area contributed by atoms with Crippen LogP contribution in [0.1, 0.15) is 66.4 Å². The van der Waals surface area contributed by atoms with Gasteiger partial charge >= 0.3 is 17.9 Å². The number of aryl methyl sites for hydroxylation is 4. The van der Waals surface area contributed by atoms with E-state index in [2.05, 4.69) is 65.1 Å². The standard InChI is InChI=1S/C29H29N5O4.C23H25N5O4.C22H23N5O4/c1-29(2,28(35)36)38-26-11-6-10-25-24(26)16-18-33(25)17-7-19-37-23-14-12-22(13-15-23)27-30-32-34(31-27)20-21-8-4-3-5-9-21;1-23(2,22(29)30)32-20-7-4-6-19-18(20)12-14-28(19)13-5-15-31-17-10-8-16(9-11-17)21-24-26-27(3)25-21;1-22(2,21(28)29)31-19-6-3-5-18-17(19)11-13-27(18)12-4-14-30-16-9-7-15(8-10-16)20-23-25-26-24-20/h3-6,8-16,18H,7,17,19-20H2,1-2H3,(H,35,36);4,6-12,14H,5,13,15H2,1-3H3,(H,29,30);3,5-11,13H,4,12,14H2,1-2H3,(H,28,29)(H,23,24,25,26). The van der Waals surface area contributed by atoms with E-state index >= 15 is 0 Å². The number of carbonyl (C=O) groups is 3. The van der Waals surface area contributed by atoms with Crippen LogP contribution in [-0.2, 0) is 47.6 Å². The summed E-state index contributed by atoms with van der Waals surface area (Å²) in [7, 11) is 1.73. The third kappa shape index (κ3) is 17.8. The smallest absolute Gasteiger partial charge is 0.347 e. The number of nitrogens with zero attached hydrogens (tertiary/aromatic N) is 14. The first-order valence-corrected chi connectivity index (χ1v) is 32.7. The van der Waals surface area contributed by atoms with Crippen LogP contribution in [0.5, 0.6) is 34.5 Å². The number of aliphatic carboxylic acids is 3. The summed E-state index contributed by atoms with van der Waals surface area (Å²) in [4.78, 5) is 37.2. The molecule has 27 heteroatoms. The molecule has 13 rings (SSSR count). The van der Waals surface area contributed by atoms with Gasteiger partial charge in [0.25, 0.3) is 0 Å². The zero-order chi connectivity index (χ0) is 71.1. The van der Waals surface area contributed by atoms with E-state index in [1.807, 2.05) is 176 Å². The molecule has 0 aliphatic heterocycles. The number of H-pyrrole nitrogens is 1. The minimum atomic E-state index is -1.31. The largest absolute Gasteiger partial charge is 0.494 e. The number of carboxylic acids is 3. The minimum absolute atomic E-state index is 0.543. The Labute approximate surface area is 580 Å². The lowest BCUT2D eigenvalue weighted by Crippen LogP contribution is -2.37. The molecule has 6 aromatic heterocycles. The summed E-state index contributed by atoms with van der Waals surface area (Å²) in [6, 6.07) is 55.7. The molecule has 0 saturated heterocycles. The van der Waals surface area contributed by atoms with E-state index in [4.69, 9.17) is 28.4 Å². The zero-order valence-electron chi connectivity index (χ0n) is 56.8. The lowest BCUT2D eigenvalue weighted by molar-refractivity contribution is -0.152. The third-order valence-corrected chi connectivity index (χ3v) is 16.2. The second kappa shape index (κ2) is 31.4. The van der Waals surface area contributed by atoms with Crippen molar-refractivity contribution in [3.63, 3.8) is 0 Å². The van der Waals surface area contributed by atoms with Crippen molar-refractivity contribution in [1.29, 1.82) is 0 Å². The van der Waals surface area contributed by atoms with Gasteiger partial charge in [-0.2, -0.15) is 14.8 Å². The predicted octanol–water partition coefficient (Wildman–Crippen LogP) is 12.1. The van der Waals surface area contributed by atoms with Crippen LogP contribution >= 0.6 is 0 Å². The fraction of sp³-hybridized carbons (Fsp3) is 0.270. The Balaban J connectivity index is 0.000000154. The molecular formula is C74H77N15O12. The molecule has 0 atom stereocenters. The van der Waals surface area contributed by atoms with Gasteiger partial charge in [0.15, 0.2) is 16.8 Å². The highest BCUT2D eigenvalue weighted by Gasteiger charge is 2.32. The highest BCUT2D eigenvalue weighted by Crippen LogP contribution is 2.34. The monoisotopic (exact) mass is 1370 g/mol. The molecule has 0 unspecified atom stereocenters. The number of hydrogen-bond acceptors (Lipinski definition) is 18. The van der Waals surface area contributed by atoms with Gasteiger partial charge in [-0.3, -0.25) is 0 Å². The van der Waals surface area contributed by atoms with Crippen LogP contribution < -0.4 is 28.4 Å². The second-order valence-corrected chi connectivity index (χ2v) is 25.0. The van der Waals surface area contributed by atoms with Gasteiger partial charge in [-0.1, -0.05) is 48.5 Å². The van der Waals surface area contributed by atoms with Crippen molar-refractivity contribution in [2.45, 2.75) is 104 Å². The van der Waals surface area contributed by atoms with Crippen LogP contribution in [0, 0.1) is 0 Å². The SMILES string of the molecule is CC(C)(Oc1cccc2c1ccn2CCCOc1ccc(-c2nn[nH]n2)cc1)C(=O)O.CC(C)(Oc1cccc2c1ccn2CCCOc1ccc(-c2nnn(Cc3ccccc3)n2)cc1)C(=O)O.Cn1nnc(-c2ccc(OCCCn3ccc4c(OC(C)(C)C(=O)O)cccc43)cc2)n1. The Morgan fingerprint density at radius 1 is 0.426 bits per heavy atom. The van der Waals surface area contributed by atoms with Gasteiger partial charge in [-0.05, 0) is 209 Å². The molecule has 0 aliphatic rings. The van der Waals surface area contributed by atoms with Gasteiger partial charge in [0.05, 0.1) is 50.0 Å².